The third-order valence-corrected chi connectivity index (χ3v) is 13.7. The van der Waals surface area contributed by atoms with Crippen molar-refractivity contribution in [3.8, 4) is 0 Å². The first-order valence-corrected chi connectivity index (χ1v) is 23.3. The summed E-state index contributed by atoms with van der Waals surface area (Å²) in [6.07, 6.45) is 6.34. The van der Waals surface area contributed by atoms with E-state index in [-0.39, 0.29) is 62.1 Å². The van der Waals surface area contributed by atoms with Crippen molar-refractivity contribution in [3.63, 3.8) is 0 Å². The lowest BCUT2D eigenvalue weighted by Crippen LogP contribution is -2.64. The van der Waals surface area contributed by atoms with Crippen LogP contribution in [0.25, 0.3) is 0 Å². The van der Waals surface area contributed by atoms with Gasteiger partial charge in [0.25, 0.3) is 11.7 Å². The van der Waals surface area contributed by atoms with Crippen molar-refractivity contribution in [3.05, 3.63) is 23.3 Å². The highest BCUT2D eigenvalue weighted by atomic mass is 19.1. The second-order valence-electron chi connectivity index (χ2n) is 18.5. The molecule has 0 spiro atoms. The van der Waals surface area contributed by atoms with E-state index in [9.17, 15) is 24.3 Å². The number of halogens is 1. The standard InChI is InChI=1S/C48H78FNO11/c1-11-22-58-38-20-18-34(28-39(38)59-23-12-2)24-32(7)43-29(4)17-19-37(51)35(13-3)25-30(5)42(49)31(6)26-40(56-9)44-41(57-10)27-33(8)48(55,61-44)45(52)46(53)50-21-15-14-16-36(50)47(54)60-43/h24-25,29,31,33-36,38-44,55H,11-23,26-28H2,1-10H3. The average molecular weight is 864 g/mol. The lowest BCUT2D eigenvalue weighted by atomic mass is 9.81. The number of Topliss-reactive ketones (excluding diaryl/α,β-unsaturated/α-hetero) is 2. The van der Waals surface area contributed by atoms with E-state index in [1.54, 1.807) is 26.8 Å². The Hall–Kier alpha value is -2.55. The lowest BCUT2D eigenvalue weighted by Gasteiger charge is -2.47. The van der Waals surface area contributed by atoms with E-state index in [0.29, 0.717) is 44.5 Å². The van der Waals surface area contributed by atoms with Gasteiger partial charge >= 0.3 is 5.97 Å². The number of rotatable bonds is 11. The number of alkyl halides is 1. The molecule has 3 aliphatic heterocycles. The molecular formula is C48H78FNO11. The highest BCUT2D eigenvalue weighted by molar-refractivity contribution is 6.39. The molecule has 3 fully saturated rings. The summed E-state index contributed by atoms with van der Waals surface area (Å²) in [5, 5.41) is 12.1. The molecule has 1 N–H and O–H groups in total. The molecule has 12 nitrogen and oxygen atoms in total. The molecule has 4 aliphatic rings. The summed E-state index contributed by atoms with van der Waals surface area (Å²) in [5.41, 5.74) is 1.27. The molecule has 14 unspecified atom stereocenters. The van der Waals surface area contributed by atoms with Crippen LogP contribution in [0.15, 0.2) is 23.3 Å². The second-order valence-corrected chi connectivity index (χ2v) is 18.5. The van der Waals surface area contributed by atoms with Crippen LogP contribution < -0.4 is 0 Å². The van der Waals surface area contributed by atoms with Gasteiger partial charge in [0, 0.05) is 52.2 Å². The number of allylic oxidation sites excluding steroid dienone is 3. The fraction of sp³-hybridized carbons (Fsp3) is 0.833. The number of esters is 1. The van der Waals surface area contributed by atoms with Gasteiger partial charge in [-0.2, -0.15) is 0 Å². The first-order chi connectivity index (χ1) is 29.0. The van der Waals surface area contributed by atoms with Gasteiger partial charge in [0.1, 0.15) is 30.2 Å². The van der Waals surface area contributed by atoms with Gasteiger partial charge in [0.05, 0.1) is 24.4 Å². The predicted octanol–water partition coefficient (Wildman–Crippen LogP) is 7.66. The van der Waals surface area contributed by atoms with E-state index in [1.807, 2.05) is 20.8 Å². The minimum atomic E-state index is -2.56. The Morgan fingerprint density at radius 3 is 2.18 bits per heavy atom. The van der Waals surface area contributed by atoms with Gasteiger partial charge in [0.2, 0.25) is 5.79 Å². The molecular weight excluding hydrogens is 786 g/mol. The number of fused-ring (bicyclic) bond motifs is 3. The molecule has 0 aromatic rings. The Kier molecular flexibility index (Phi) is 20.0. The van der Waals surface area contributed by atoms with Crippen LogP contribution in [0.3, 0.4) is 0 Å². The van der Waals surface area contributed by atoms with E-state index < -0.39 is 77.8 Å². The molecule has 1 amide bonds. The molecule has 1 saturated carbocycles. The van der Waals surface area contributed by atoms with Gasteiger partial charge in [-0.15, -0.1) is 0 Å². The maximum absolute atomic E-state index is 16.3. The monoisotopic (exact) mass is 864 g/mol. The molecule has 61 heavy (non-hydrogen) atoms. The first-order valence-electron chi connectivity index (χ1n) is 23.3. The third-order valence-electron chi connectivity index (χ3n) is 13.7. The summed E-state index contributed by atoms with van der Waals surface area (Å²) in [6, 6.07) is -1.07. The summed E-state index contributed by atoms with van der Waals surface area (Å²) >= 11 is 0. The van der Waals surface area contributed by atoms with Crippen molar-refractivity contribution in [2.45, 2.75) is 193 Å². The molecule has 1 aliphatic carbocycles. The number of amides is 1. The molecule has 2 saturated heterocycles. The minimum absolute atomic E-state index is 0.0137. The Morgan fingerprint density at radius 2 is 1.54 bits per heavy atom. The minimum Gasteiger partial charge on any atom is -0.456 e. The zero-order chi connectivity index (χ0) is 45.0. The Morgan fingerprint density at radius 1 is 0.885 bits per heavy atom. The van der Waals surface area contributed by atoms with Crippen molar-refractivity contribution in [1.29, 1.82) is 0 Å². The topological polar surface area (TPSA) is 147 Å². The van der Waals surface area contributed by atoms with Crippen molar-refractivity contribution >= 4 is 23.4 Å². The van der Waals surface area contributed by atoms with Crippen molar-refractivity contribution in [2.75, 3.05) is 34.0 Å². The van der Waals surface area contributed by atoms with Gasteiger partial charge in [-0.1, -0.05) is 53.7 Å². The average Bonchev–Trinajstić information content (AvgIpc) is 3.26. The molecule has 3 heterocycles. The summed E-state index contributed by atoms with van der Waals surface area (Å²) in [6.45, 7) is 16.5. The molecule has 2 bridgehead atoms. The maximum atomic E-state index is 16.3. The number of ether oxygens (including phenoxy) is 6. The summed E-state index contributed by atoms with van der Waals surface area (Å²) < 4.78 is 53.0. The number of methoxy groups -OCH3 is 2. The van der Waals surface area contributed by atoms with Gasteiger partial charge in [-0.25, -0.2) is 9.18 Å². The fourth-order valence-electron chi connectivity index (χ4n) is 9.94. The summed E-state index contributed by atoms with van der Waals surface area (Å²) in [7, 11) is 2.94. The Bertz CT molecular complexity index is 1520. The van der Waals surface area contributed by atoms with E-state index in [4.69, 9.17) is 28.4 Å². The van der Waals surface area contributed by atoms with Crippen LogP contribution in [0.5, 0.6) is 0 Å². The first kappa shape index (κ1) is 51.1. The van der Waals surface area contributed by atoms with E-state index in [0.717, 1.165) is 37.7 Å². The Balaban J connectivity index is 1.74. The molecule has 0 aromatic heterocycles. The molecule has 4 rings (SSSR count). The number of aliphatic hydroxyl groups is 1. The molecule has 13 heteroatoms. The van der Waals surface area contributed by atoms with E-state index in [2.05, 4.69) is 19.9 Å². The van der Waals surface area contributed by atoms with Crippen molar-refractivity contribution in [2.24, 2.45) is 29.6 Å². The number of hydrogen-bond donors (Lipinski definition) is 1. The molecule has 348 valence electrons. The maximum Gasteiger partial charge on any atom is 0.329 e. The van der Waals surface area contributed by atoms with Crippen LogP contribution in [0.1, 0.15) is 139 Å². The normalized spacial score (nSPS) is 38.3. The number of nitrogens with zero attached hydrogens (tertiary/aromatic N) is 1. The number of carbonyl (C=O) groups is 4. The highest BCUT2D eigenvalue weighted by Gasteiger charge is 2.56. The molecule has 14 atom stereocenters. The number of piperidine rings is 1. The third kappa shape index (κ3) is 12.8. The van der Waals surface area contributed by atoms with Crippen LogP contribution in [-0.2, 0) is 47.6 Å². The molecule has 0 aromatic carbocycles. The lowest BCUT2D eigenvalue weighted by molar-refractivity contribution is -0.302. The van der Waals surface area contributed by atoms with Gasteiger partial charge in [0.15, 0.2) is 0 Å². The summed E-state index contributed by atoms with van der Waals surface area (Å²) in [5.74, 6) is -7.56. The zero-order valence-corrected chi connectivity index (χ0v) is 38.8. The highest BCUT2D eigenvalue weighted by Crippen LogP contribution is 2.40. The zero-order valence-electron chi connectivity index (χ0n) is 38.8. The van der Waals surface area contributed by atoms with Crippen LogP contribution in [0.4, 0.5) is 4.39 Å². The largest absolute Gasteiger partial charge is 0.456 e. The number of hydrogen-bond acceptors (Lipinski definition) is 11. The fourth-order valence-corrected chi connectivity index (χ4v) is 9.94. The van der Waals surface area contributed by atoms with Crippen molar-refractivity contribution in [1.82, 2.24) is 4.90 Å². The number of ketones is 2. The van der Waals surface area contributed by atoms with Crippen LogP contribution in [0.2, 0.25) is 0 Å². The number of carbonyl (C=O) groups excluding carboxylic acids is 4. The predicted molar refractivity (Wildman–Crippen MR) is 230 cm³/mol. The van der Waals surface area contributed by atoms with Gasteiger partial charge < -0.3 is 38.4 Å². The van der Waals surface area contributed by atoms with E-state index >= 15 is 4.39 Å². The summed E-state index contributed by atoms with van der Waals surface area (Å²) in [4.78, 5) is 58.1. The quantitative estimate of drug-likeness (QED) is 0.124. The second kappa shape index (κ2) is 23.9. The molecule has 0 radical (unpaired) electrons. The van der Waals surface area contributed by atoms with Gasteiger partial charge in [-0.05, 0) is 120 Å². The van der Waals surface area contributed by atoms with Crippen LogP contribution in [0, 0.1) is 29.6 Å². The number of cyclic esters (lactones) is 1. The van der Waals surface area contributed by atoms with Crippen molar-refractivity contribution < 1.29 is 57.1 Å². The van der Waals surface area contributed by atoms with E-state index in [1.165, 1.54) is 19.1 Å². The van der Waals surface area contributed by atoms with Gasteiger partial charge in [-0.3, -0.25) is 14.4 Å². The Labute approximate surface area is 365 Å². The van der Waals surface area contributed by atoms with Crippen LogP contribution >= 0.6 is 0 Å². The SMILES string of the molecule is CCCOC1CCC(C=C(C)C2OC(=O)C3CCCCN3C(=O)C(=O)C3(O)OC(C(OC)CC(C)C(F)C(C)=CC(CC)C(=O)CCC2C)C(OC)CC3C)CC1OCCC. The smallest absolute Gasteiger partial charge is 0.329 e. The van der Waals surface area contributed by atoms with Crippen LogP contribution in [-0.4, -0.2) is 122 Å².